The topological polar surface area (TPSA) is 34.0 Å². The summed E-state index contributed by atoms with van der Waals surface area (Å²) in [7, 11) is 2.01. The summed E-state index contributed by atoms with van der Waals surface area (Å²) in [6, 6.07) is 2.43. The molecule has 4 nitrogen and oxygen atoms in total. The molecule has 2 aromatic rings. The van der Waals surface area contributed by atoms with Crippen molar-refractivity contribution in [2.45, 2.75) is 26.3 Å². The molecule has 98 valence electrons. The van der Waals surface area contributed by atoms with Crippen LogP contribution in [-0.4, -0.2) is 32.5 Å². The highest BCUT2D eigenvalue weighted by Gasteiger charge is 2.16. The number of imidazole rings is 1. The number of halogens is 1. The van der Waals surface area contributed by atoms with Crippen LogP contribution in [0.25, 0.3) is 11.0 Å². The van der Waals surface area contributed by atoms with Gasteiger partial charge in [-0.3, -0.25) is 0 Å². The second-order valence-electron chi connectivity index (χ2n) is 4.69. The van der Waals surface area contributed by atoms with Crippen LogP contribution in [0.15, 0.2) is 18.6 Å². The monoisotopic (exact) mass is 310 g/mol. The standard InChI is InChI=1S/C13H19BrN4/c1-10(2)18(8-4-6-14)13-12-11(5-7-15-13)17(3)9-16-12/h5,7,9-10H,4,6,8H2,1-3H3. The molecule has 2 rings (SSSR count). The van der Waals surface area contributed by atoms with E-state index in [0.717, 1.165) is 35.1 Å². The average Bonchev–Trinajstić information content (AvgIpc) is 2.72. The lowest BCUT2D eigenvalue weighted by atomic mass is 10.2. The highest BCUT2D eigenvalue weighted by molar-refractivity contribution is 9.09. The van der Waals surface area contributed by atoms with Crippen molar-refractivity contribution >= 4 is 32.8 Å². The predicted octanol–water partition coefficient (Wildman–Crippen LogP) is 2.97. The van der Waals surface area contributed by atoms with Gasteiger partial charge in [0.1, 0.15) is 5.52 Å². The average molecular weight is 311 g/mol. The number of hydrogen-bond acceptors (Lipinski definition) is 3. The fourth-order valence-corrected chi connectivity index (χ4v) is 2.35. The van der Waals surface area contributed by atoms with Gasteiger partial charge >= 0.3 is 0 Å². The van der Waals surface area contributed by atoms with Crippen LogP contribution >= 0.6 is 15.9 Å². The summed E-state index contributed by atoms with van der Waals surface area (Å²) in [5, 5.41) is 1.01. The molecular formula is C13H19BrN4. The normalized spacial score (nSPS) is 11.4. The smallest absolute Gasteiger partial charge is 0.156 e. The lowest BCUT2D eigenvalue weighted by Gasteiger charge is -2.27. The first-order valence-electron chi connectivity index (χ1n) is 6.23. The van der Waals surface area contributed by atoms with E-state index in [0.29, 0.717) is 6.04 Å². The first-order valence-corrected chi connectivity index (χ1v) is 7.36. The minimum atomic E-state index is 0.421. The Morgan fingerprint density at radius 1 is 1.39 bits per heavy atom. The third kappa shape index (κ3) is 2.51. The molecule has 0 aromatic carbocycles. The molecule has 0 aliphatic carbocycles. The van der Waals surface area contributed by atoms with Crippen molar-refractivity contribution in [1.82, 2.24) is 14.5 Å². The summed E-state index contributed by atoms with van der Waals surface area (Å²) in [5.74, 6) is 0.990. The van der Waals surface area contributed by atoms with Gasteiger partial charge < -0.3 is 9.47 Å². The van der Waals surface area contributed by atoms with E-state index in [-0.39, 0.29) is 0 Å². The largest absolute Gasteiger partial charge is 0.352 e. The van der Waals surface area contributed by atoms with Gasteiger partial charge in [-0.15, -0.1) is 0 Å². The van der Waals surface area contributed by atoms with Crippen molar-refractivity contribution in [2.24, 2.45) is 7.05 Å². The number of pyridine rings is 1. The maximum atomic E-state index is 4.53. The molecule has 0 spiro atoms. The van der Waals surface area contributed by atoms with Gasteiger partial charge in [-0.1, -0.05) is 15.9 Å². The molecule has 0 fully saturated rings. The van der Waals surface area contributed by atoms with Crippen LogP contribution in [0.5, 0.6) is 0 Å². The molecule has 0 atom stereocenters. The maximum Gasteiger partial charge on any atom is 0.156 e. The molecule has 0 radical (unpaired) electrons. The summed E-state index contributed by atoms with van der Waals surface area (Å²) >= 11 is 3.49. The van der Waals surface area contributed by atoms with Gasteiger partial charge in [0.2, 0.25) is 0 Å². The van der Waals surface area contributed by atoms with Gasteiger partial charge in [-0.05, 0) is 26.3 Å². The number of hydrogen-bond donors (Lipinski definition) is 0. The first kappa shape index (κ1) is 13.3. The zero-order chi connectivity index (χ0) is 13.1. The van der Waals surface area contributed by atoms with Crippen molar-refractivity contribution in [1.29, 1.82) is 0 Å². The van der Waals surface area contributed by atoms with Crippen molar-refractivity contribution < 1.29 is 0 Å². The Kier molecular flexibility index (Phi) is 4.22. The zero-order valence-electron chi connectivity index (χ0n) is 11.1. The fraction of sp³-hybridized carbons (Fsp3) is 0.538. The Morgan fingerprint density at radius 3 is 2.83 bits per heavy atom. The second-order valence-corrected chi connectivity index (χ2v) is 5.48. The molecule has 0 bridgehead atoms. The van der Waals surface area contributed by atoms with E-state index >= 15 is 0 Å². The molecule has 0 saturated carbocycles. The molecule has 2 aromatic heterocycles. The second kappa shape index (κ2) is 5.69. The van der Waals surface area contributed by atoms with Crippen LogP contribution in [0.2, 0.25) is 0 Å². The summed E-state index contributed by atoms with van der Waals surface area (Å²) in [5.41, 5.74) is 2.12. The molecule has 0 aliphatic heterocycles. The Balaban J connectivity index is 2.43. The molecule has 18 heavy (non-hydrogen) atoms. The Labute approximate surface area is 116 Å². The molecule has 0 N–H and O–H groups in total. The lowest BCUT2D eigenvalue weighted by molar-refractivity contribution is 0.667. The summed E-state index contributed by atoms with van der Waals surface area (Å²) in [6.07, 6.45) is 4.81. The van der Waals surface area contributed by atoms with Gasteiger partial charge in [0.15, 0.2) is 5.82 Å². The molecule has 5 heteroatoms. The van der Waals surface area contributed by atoms with Crippen LogP contribution in [0, 0.1) is 0 Å². The van der Waals surface area contributed by atoms with Gasteiger partial charge in [0.05, 0.1) is 11.8 Å². The number of aryl methyl sites for hydroxylation is 1. The van der Waals surface area contributed by atoms with Crippen LogP contribution in [0.1, 0.15) is 20.3 Å². The number of nitrogens with zero attached hydrogens (tertiary/aromatic N) is 4. The predicted molar refractivity (Wildman–Crippen MR) is 79.4 cm³/mol. The number of anilines is 1. The number of alkyl halides is 1. The highest BCUT2D eigenvalue weighted by Crippen LogP contribution is 2.24. The van der Waals surface area contributed by atoms with E-state index < -0.39 is 0 Å². The summed E-state index contributed by atoms with van der Waals surface area (Å²) in [4.78, 5) is 11.3. The van der Waals surface area contributed by atoms with Crippen molar-refractivity contribution in [3.8, 4) is 0 Å². The zero-order valence-corrected chi connectivity index (χ0v) is 12.7. The highest BCUT2D eigenvalue weighted by atomic mass is 79.9. The number of fused-ring (bicyclic) bond motifs is 1. The Hall–Kier alpha value is -1.10. The molecule has 2 heterocycles. The molecule has 0 saturated heterocycles. The lowest BCUT2D eigenvalue weighted by Crippen LogP contribution is -2.32. The first-order chi connectivity index (χ1) is 8.65. The third-order valence-corrected chi connectivity index (χ3v) is 3.61. The van der Waals surface area contributed by atoms with Gasteiger partial charge in [0.25, 0.3) is 0 Å². The van der Waals surface area contributed by atoms with Crippen molar-refractivity contribution in [3.63, 3.8) is 0 Å². The van der Waals surface area contributed by atoms with Gasteiger partial charge in [0, 0.05) is 31.2 Å². The minimum Gasteiger partial charge on any atom is -0.352 e. The quantitative estimate of drug-likeness (QED) is 0.796. The van der Waals surface area contributed by atoms with Gasteiger partial charge in [-0.25, -0.2) is 9.97 Å². The maximum absolute atomic E-state index is 4.53. The summed E-state index contributed by atoms with van der Waals surface area (Å²) in [6.45, 7) is 5.38. The van der Waals surface area contributed by atoms with E-state index in [2.05, 4.69) is 44.6 Å². The number of rotatable bonds is 5. The SMILES string of the molecule is CC(C)N(CCCBr)c1nccc2c1ncn2C. The van der Waals surface area contributed by atoms with Crippen molar-refractivity contribution in [2.75, 3.05) is 16.8 Å². The van der Waals surface area contributed by atoms with E-state index in [4.69, 9.17) is 0 Å². The van der Waals surface area contributed by atoms with E-state index in [1.165, 1.54) is 0 Å². The minimum absolute atomic E-state index is 0.421. The summed E-state index contributed by atoms with van der Waals surface area (Å²) < 4.78 is 2.03. The van der Waals surface area contributed by atoms with Crippen LogP contribution in [0.4, 0.5) is 5.82 Å². The Morgan fingerprint density at radius 2 is 2.17 bits per heavy atom. The van der Waals surface area contributed by atoms with E-state index in [1.807, 2.05) is 30.2 Å². The fourth-order valence-electron chi connectivity index (χ4n) is 2.10. The third-order valence-electron chi connectivity index (χ3n) is 3.05. The molecular weight excluding hydrogens is 292 g/mol. The van der Waals surface area contributed by atoms with Crippen molar-refractivity contribution in [3.05, 3.63) is 18.6 Å². The Bertz CT molecular complexity index is 521. The van der Waals surface area contributed by atoms with Gasteiger partial charge in [-0.2, -0.15) is 0 Å². The van der Waals surface area contributed by atoms with Crippen LogP contribution in [0.3, 0.4) is 0 Å². The van der Waals surface area contributed by atoms with Crippen LogP contribution < -0.4 is 4.90 Å². The van der Waals surface area contributed by atoms with E-state index in [1.54, 1.807) is 0 Å². The number of aromatic nitrogens is 3. The van der Waals surface area contributed by atoms with Crippen LogP contribution in [-0.2, 0) is 7.05 Å². The molecule has 0 unspecified atom stereocenters. The van der Waals surface area contributed by atoms with E-state index in [9.17, 15) is 0 Å². The molecule has 0 amide bonds. The molecule has 0 aliphatic rings.